The van der Waals surface area contributed by atoms with Gasteiger partial charge in [0, 0.05) is 19.7 Å². The molecule has 2 rings (SSSR count). The van der Waals surface area contributed by atoms with Gasteiger partial charge in [0.15, 0.2) is 0 Å². The van der Waals surface area contributed by atoms with E-state index in [1.807, 2.05) is 0 Å². The van der Waals surface area contributed by atoms with Gasteiger partial charge in [0.25, 0.3) is 0 Å². The van der Waals surface area contributed by atoms with Crippen molar-refractivity contribution in [3.05, 3.63) is 28.7 Å². The Morgan fingerprint density at radius 1 is 1.47 bits per heavy atom. The third-order valence-corrected chi connectivity index (χ3v) is 2.22. The molecule has 0 atom stereocenters. The highest BCUT2D eigenvalue weighted by Gasteiger charge is 2.03. The molecule has 1 aromatic heterocycles. The number of rotatable bonds is 1. The number of amides is 1. The van der Waals surface area contributed by atoms with Crippen LogP contribution in [0.4, 0.5) is 5.69 Å². The highest BCUT2D eigenvalue weighted by atomic mass is 16.1. The quantitative estimate of drug-likeness (QED) is 0.724. The first-order chi connectivity index (χ1) is 7.08. The summed E-state index contributed by atoms with van der Waals surface area (Å²) in [6.45, 7) is 1.44. The second-order valence-electron chi connectivity index (χ2n) is 3.40. The number of fused-ring (bicyclic) bond motifs is 1. The molecule has 2 aromatic rings. The lowest BCUT2D eigenvalue weighted by Crippen LogP contribution is -2.11. The number of anilines is 1. The summed E-state index contributed by atoms with van der Waals surface area (Å²) in [5.41, 5.74) is 2.05. The molecule has 78 valence electrons. The van der Waals surface area contributed by atoms with Crippen molar-refractivity contribution in [1.29, 1.82) is 0 Å². The molecule has 2 N–H and O–H groups in total. The number of hydrogen-bond acceptors (Lipinski definition) is 2. The van der Waals surface area contributed by atoms with Crippen molar-refractivity contribution < 1.29 is 4.79 Å². The first kappa shape index (κ1) is 9.51. The highest BCUT2D eigenvalue weighted by Crippen LogP contribution is 2.15. The topological polar surface area (TPSA) is 66.9 Å². The second-order valence-corrected chi connectivity index (χ2v) is 3.40. The van der Waals surface area contributed by atoms with Gasteiger partial charge < -0.3 is 10.3 Å². The Morgan fingerprint density at radius 3 is 2.87 bits per heavy atom. The molecule has 0 spiro atoms. The summed E-state index contributed by atoms with van der Waals surface area (Å²) >= 11 is 0. The summed E-state index contributed by atoms with van der Waals surface area (Å²) < 4.78 is 1.52. The van der Waals surface area contributed by atoms with Gasteiger partial charge in [-0.1, -0.05) is 0 Å². The molecule has 0 bridgehead atoms. The molecule has 0 aliphatic carbocycles. The van der Waals surface area contributed by atoms with Crippen molar-refractivity contribution in [1.82, 2.24) is 9.55 Å². The van der Waals surface area contributed by atoms with Crippen molar-refractivity contribution in [2.45, 2.75) is 6.92 Å². The van der Waals surface area contributed by atoms with Gasteiger partial charge in [0.2, 0.25) is 5.91 Å². The third-order valence-electron chi connectivity index (χ3n) is 2.22. The van der Waals surface area contributed by atoms with Gasteiger partial charge in [0.1, 0.15) is 0 Å². The zero-order valence-corrected chi connectivity index (χ0v) is 8.50. The van der Waals surface area contributed by atoms with E-state index in [2.05, 4.69) is 10.3 Å². The fourth-order valence-corrected chi connectivity index (χ4v) is 1.52. The molecular weight excluding hydrogens is 194 g/mol. The van der Waals surface area contributed by atoms with E-state index in [-0.39, 0.29) is 11.6 Å². The Balaban J connectivity index is 2.57. The van der Waals surface area contributed by atoms with Crippen LogP contribution in [-0.2, 0) is 11.8 Å². The maximum absolute atomic E-state index is 11.3. The number of benzene rings is 1. The Bertz CT molecular complexity index is 580. The zero-order chi connectivity index (χ0) is 11.0. The minimum Gasteiger partial charge on any atom is -0.326 e. The van der Waals surface area contributed by atoms with Crippen molar-refractivity contribution in [2.24, 2.45) is 7.05 Å². The number of carbonyl (C=O) groups excluding carboxylic acids is 1. The molecule has 0 radical (unpaired) electrons. The first-order valence-electron chi connectivity index (χ1n) is 4.54. The average Bonchev–Trinajstić information content (AvgIpc) is 2.41. The largest absolute Gasteiger partial charge is 0.326 e. The molecule has 15 heavy (non-hydrogen) atoms. The zero-order valence-electron chi connectivity index (χ0n) is 8.50. The predicted octanol–water partition coefficient (Wildman–Crippen LogP) is 0.825. The number of carbonyl (C=O) groups is 1. The minimum atomic E-state index is -0.162. The SMILES string of the molecule is CC(=O)Nc1ccc2c(c1)[nH]c(=O)n2C. The van der Waals surface area contributed by atoms with Gasteiger partial charge >= 0.3 is 5.69 Å². The molecule has 0 saturated carbocycles. The number of imidazole rings is 1. The standard InChI is InChI=1S/C10H11N3O2/c1-6(14)11-7-3-4-9-8(5-7)12-10(15)13(9)2/h3-5H,1-2H3,(H,11,14)(H,12,15). The smallest absolute Gasteiger partial charge is 0.326 e. The lowest BCUT2D eigenvalue weighted by molar-refractivity contribution is -0.114. The van der Waals surface area contributed by atoms with Crippen LogP contribution in [-0.4, -0.2) is 15.5 Å². The van der Waals surface area contributed by atoms with E-state index >= 15 is 0 Å². The fourth-order valence-electron chi connectivity index (χ4n) is 1.52. The van der Waals surface area contributed by atoms with Crippen molar-refractivity contribution >= 4 is 22.6 Å². The molecular formula is C10H11N3O2. The molecule has 1 amide bonds. The van der Waals surface area contributed by atoms with Crippen molar-refractivity contribution in [3.8, 4) is 0 Å². The molecule has 0 aliphatic rings. The highest BCUT2D eigenvalue weighted by molar-refractivity contribution is 5.91. The van der Waals surface area contributed by atoms with Crippen LogP contribution in [0.1, 0.15) is 6.92 Å². The Morgan fingerprint density at radius 2 is 2.20 bits per heavy atom. The Kier molecular flexibility index (Phi) is 2.07. The fraction of sp³-hybridized carbons (Fsp3) is 0.200. The Hall–Kier alpha value is -2.04. The maximum atomic E-state index is 11.3. The molecule has 0 fully saturated rings. The van der Waals surface area contributed by atoms with Gasteiger partial charge in [0.05, 0.1) is 11.0 Å². The number of aromatic amines is 1. The summed E-state index contributed by atoms with van der Waals surface area (Å²) in [7, 11) is 1.69. The summed E-state index contributed by atoms with van der Waals surface area (Å²) in [6, 6.07) is 5.29. The predicted molar refractivity (Wildman–Crippen MR) is 57.8 cm³/mol. The van der Waals surface area contributed by atoms with Crippen molar-refractivity contribution in [2.75, 3.05) is 5.32 Å². The van der Waals surface area contributed by atoms with Gasteiger partial charge in [-0.25, -0.2) is 4.79 Å². The summed E-state index contributed by atoms with van der Waals surface area (Å²) in [5.74, 6) is -0.132. The Labute approximate surface area is 85.7 Å². The average molecular weight is 205 g/mol. The van der Waals surface area contributed by atoms with E-state index in [1.54, 1.807) is 25.2 Å². The van der Waals surface area contributed by atoms with Crippen LogP contribution >= 0.6 is 0 Å². The molecule has 1 aromatic carbocycles. The normalized spacial score (nSPS) is 10.5. The second kappa shape index (κ2) is 3.27. The number of H-pyrrole nitrogens is 1. The van der Waals surface area contributed by atoms with Crippen LogP contribution < -0.4 is 11.0 Å². The van der Waals surface area contributed by atoms with Crippen LogP contribution in [0, 0.1) is 0 Å². The van der Waals surface area contributed by atoms with Crippen molar-refractivity contribution in [3.63, 3.8) is 0 Å². The monoisotopic (exact) mass is 205 g/mol. The van der Waals surface area contributed by atoms with Crippen LogP contribution in [0.2, 0.25) is 0 Å². The molecule has 0 saturated heterocycles. The van der Waals surface area contributed by atoms with E-state index in [9.17, 15) is 9.59 Å². The number of nitrogens with zero attached hydrogens (tertiary/aromatic N) is 1. The van der Waals surface area contributed by atoms with Crippen LogP contribution in [0.15, 0.2) is 23.0 Å². The van der Waals surface area contributed by atoms with Crippen LogP contribution in [0.25, 0.3) is 11.0 Å². The van der Waals surface area contributed by atoms with E-state index in [4.69, 9.17) is 0 Å². The van der Waals surface area contributed by atoms with Crippen LogP contribution in [0.5, 0.6) is 0 Å². The van der Waals surface area contributed by atoms with E-state index < -0.39 is 0 Å². The van der Waals surface area contributed by atoms with Gasteiger partial charge in [-0.15, -0.1) is 0 Å². The van der Waals surface area contributed by atoms with Crippen LogP contribution in [0.3, 0.4) is 0 Å². The molecule has 1 heterocycles. The number of nitrogens with one attached hydrogen (secondary N) is 2. The summed E-state index contributed by atoms with van der Waals surface area (Å²) in [6.07, 6.45) is 0. The summed E-state index contributed by atoms with van der Waals surface area (Å²) in [4.78, 5) is 24.8. The summed E-state index contributed by atoms with van der Waals surface area (Å²) in [5, 5.41) is 2.66. The molecule has 5 heteroatoms. The number of aryl methyl sites for hydroxylation is 1. The number of hydrogen-bond donors (Lipinski definition) is 2. The molecule has 5 nitrogen and oxygen atoms in total. The molecule has 0 unspecified atom stereocenters. The van der Waals surface area contributed by atoms with E-state index in [1.165, 1.54) is 11.5 Å². The van der Waals surface area contributed by atoms with E-state index in [0.29, 0.717) is 11.2 Å². The third kappa shape index (κ3) is 1.63. The lowest BCUT2D eigenvalue weighted by Gasteiger charge is -2.01. The number of aromatic nitrogens is 2. The lowest BCUT2D eigenvalue weighted by atomic mass is 10.2. The minimum absolute atomic E-state index is 0.132. The first-order valence-corrected chi connectivity index (χ1v) is 4.54. The van der Waals surface area contributed by atoms with Gasteiger partial charge in [-0.2, -0.15) is 0 Å². The van der Waals surface area contributed by atoms with E-state index in [0.717, 1.165) is 5.52 Å². The molecule has 0 aliphatic heterocycles. The maximum Gasteiger partial charge on any atom is 0.326 e. The van der Waals surface area contributed by atoms with Gasteiger partial charge in [-0.3, -0.25) is 9.36 Å². The van der Waals surface area contributed by atoms with Gasteiger partial charge in [-0.05, 0) is 18.2 Å².